The molecule has 0 bridgehead atoms. The maximum absolute atomic E-state index is 6.45. The predicted octanol–water partition coefficient (Wildman–Crippen LogP) is -0.490. The van der Waals surface area contributed by atoms with Crippen molar-refractivity contribution < 1.29 is 4.42 Å². The summed E-state index contributed by atoms with van der Waals surface area (Å²) < 4.78 is 6.45. The first-order valence-electron chi connectivity index (χ1n) is 12.2. The Hall–Kier alpha value is -3.00. The van der Waals surface area contributed by atoms with Gasteiger partial charge < -0.3 is 4.42 Å². The van der Waals surface area contributed by atoms with Gasteiger partial charge in [0.15, 0.2) is 0 Å². The van der Waals surface area contributed by atoms with Gasteiger partial charge in [0.05, 0.1) is 0 Å². The molecule has 1 heterocycles. The average Bonchev–Trinajstić information content (AvgIpc) is 3.20. The van der Waals surface area contributed by atoms with Crippen LogP contribution in [0, 0.1) is 0 Å². The van der Waals surface area contributed by atoms with Gasteiger partial charge in [-0.25, -0.2) is 0 Å². The molecule has 1 nitrogen and oxygen atoms in total. The van der Waals surface area contributed by atoms with Crippen molar-refractivity contribution >= 4 is 88.5 Å². The van der Waals surface area contributed by atoms with Crippen molar-refractivity contribution in [2.75, 3.05) is 0 Å². The van der Waals surface area contributed by atoms with Crippen LogP contribution in [0.3, 0.4) is 0 Å². The van der Waals surface area contributed by atoms with Gasteiger partial charge in [-0.3, -0.25) is 0 Å². The molecular weight excluding hydrogens is 406 g/mol. The van der Waals surface area contributed by atoms with Gasteiger partial charge in [-0.15, -0.1) is 16.4 Å². The Morgan fingerprint density at radius 1 is 0.559 bits per heavy atom. The topological polar surface area (TPSA) is 13.1 Å². The van der Waals surface area contributed by atoms with Crippen LogP contribution in [0.1, 0.15) is 26.3 Å². The third kappa shape index (κ3) is 3.38. The van der Waals surface area contributed by atoms with E-state index in [1.807, 2.05) is 6.07 Å². The Labute approximate surface area is 207 Å². The van der Waals surface area contributed by atoms with Crippen molar-refractivity contribution in [1.29, 1.82) is 0 Å². The molecule has 0 aliphatic rings. The zero-order valence-electron chi connectivity index (χ0n) is 21.7. The fourth-order valence-electron chi connectivity index (χ4n) is 5.66. The van der Waals surface area contributed by atoms with E-state index in [9.17, 15) is 0 Å². The Morgan fingerprint density at radius 2 is 1.09 bits per heavy atom. The first-order chi connectivity index (χ1) is 16.1. The van der Waals surface area contributed by atoms with E-state index in [0.29, 0.717) is 0 Å². The SMILES string of the molecule is Bc1c(B)c(B)c(-c2cccc(-c3cccc4c3oc3ccccc34)c2C(C)(C)C)c(B)c1B. The minimum atomic E-state index is -0.0499. The molecule has 0 radical (unpaired) electrons. The van der Waals surface area contributed by atoms with Gasteiger partial charge in [-0.1, -0.05) is 86.3 Å². The second kappa shape index (κ2) is 8.05. The molecule has 0 saturated carbocycles. The number of rotatable bonds is 2. The van der Waals surface area contributed by atoms with Crippen LogP contribution in [0.4, 0.5) is 0 Å². The summed E-state index contributed by atoms with van der Waals surface area (Å²) in [7, 11) is 11.3. The lowest BCUT2D eigenvalue weighted by molar-refractivity contribution is 0.593. The maximum Gasteiger partial charge on any atom is 0.143 e. The fourth-order valence-corrected chi connectivity index (χ4v) is 5.66. The Balaban J connectivity index is 1.90. The monoisotopic (exact) mass is 436 g/mol. The van der Waals surface area contributed by atoms with Crippen LogP contribution in [-0.2, 0) is 5.41 Å². The zero-order valence-corrected chi connectivity index (χ0v) is 21.7. The highest BCUT2D eigenvalue weighted by Crippen LogP contribution is 2.43. The normalized spacial score (nSPS) is 12.0. The smallest absolute Gasteiger partial charge is 0.143 e. The third-order valence-corrected chi connectivity index (χ3v) is 7.78. The molecule has 5 rings (SSSR count). The molecule has 0 fully saturated rings. The van der Waals surface area contributed by atoms with Crippen molar-refractivity contribution in [3.8, 4) is 22.3 Å². The number of benzene rings is 4. The van der Waals surface area contributed by atoms with Crippen LogP contribution in [0.5, 0.6) is 0 Å². The second-order valence-corrected chi connectivity index (χ2v) is 10.8. The van der Waals surface area contributed by atoms with Gasteiger partial charge >= 0.3 is 0 Å². The molecule has 6 heteroatoms. The van der Waals surface area contributed by atoms with Crippen molar-refractivity contribution in [1.82, 2.24) is 0 Å². The molecule has 0 aliphatic heterocycles. The largest absolute Gasteiger partial charge is 0.455 e. The lowest BCUT2D eigenvalue weighted by atomic mass is 9.59. The summed E-state index contributed by atoms with van der Waals surface area (Å²) >= 11 is 0. The number of hydrogen-bond donors (Lipinski definition) is 0. The van der Waals surface area contributed by atoms with Crippen LogP contribution in [0.15, 0.2) is 65.1 Å². The van der Waals surface area contributed by atoms with E-state index in [1.165, 1.54) is 60.3 Å². The summed E-state index contributed by atoms with van der Waals surface area (Å²) in [6.07, 6.45) is 0. The Morgan fingerprint density at radius 3 is 1.76 bits per heavy atom. The zero-order chi connectivity index (χ0) is 24.4. The minimum Gasteiger partial charge on any atom is -0.455 e. The summed E-state index contributed by atoms with van der Waals surface area (Å²) in [6.45, 7) is 6.98. The molecule has 34 heavy (non-hydrogen) atoms. The third-order valence-electron chi connectivity index (χ3n) is 7.78. The van der Waals surface area contributed by atoms with Gasteiger partial charge in [0.1, 0.15) is 50.4 Å². The molecule has 162 valence electrons. The van der Waals surface area contributed by atoms with Gasteiger partial charge in [0.25, 0.3) is 0 Å². The first kappa shape index (κ1) is 22.8. The molecule has 5 aromatic rings. The molecular formula is C28H29B5O. The van der Waals surface area contributed by atoms with Crippen LogP contribution in [-0.4, -0.2) is 39.2 Å². The number of hydrogen-bond acceptors (Lipinski definition) is 1. The average molecular weight is 436 g/mol. The lowest BCUT2D eigenvalue weighted by Gasteiger charge is -2.30. The van der Waals surface area contributed by atoms with E-state index in [1.54, 1.807) is 0 Å². The fraction of sp³-hybridized carbons (Fsp3) is 0.143. The van der Waals surface area contributed by atoms with Crippen molar-refractivity contribution in [2.45, 2.75) is 26.2 Å². The van der Waals surface area contributed by atoms with E-state index < -0.39 is 0 Å². The van der Waals surface area contributed by atoms with Crippen LogP contribution in [0.2, 0.25) is 0 Å². The van der Waals surface area contributed by atoms with Crippen LogP contribution in [0.25, 0.3) is 44.2 Å². The predicted molar refractivity (Wildman–Crippen MR) is 164 cm³/mol. The Bertz CT molecular complexity index is 1560. The highest BCUT2D eigenvalue weighted by Gasteiger charge is 2.27. The van der Waals surface area contributed by atoms with E-state index in [-0.39, 0.29) is 5.41 Å². The molecule has 0 spiro atoms. The highest BCUT2D eigenvalue weighted by atomic mass is 16.3. The summed E-state index contributed by atoms with van der Waals surface area (Å²) in [5.41, 5.74) is 15.3. The molecule has 0 unspecified atom stereocenters. The summed E-state index contributed by atoms with van der Waals surface area (Å²) in [4.78, 5) is 0. The van der Waals surface area contributed by atoms with Crippen LogP contribution < -0.4 is 27.3 Å². The molecule has 4 aromatic carbocycles. The number of furan rings is 1. The van der Waals surface area contributed by atoms with E-state index in [2.05, 4.69) is 115 Å². The standard InChI is InChI=1S/C28H29B5O/c1-28(2,3)21-15(17-11-7-10-16-14-8-4-5-13-19(14)34-27(16)17)9-6-12-18(21)20-22(29)24(31)26(33)25(32)23(20)30/h4-13H,29-33H2,1-3H3. The molecule has 0 saturated heterocycles. The van der Waals surface area contributed by atoms with E-state index >= 15 is 0 Å². The molecule has 1 aromatic heterocycles. The van der Waals surface area contributed by atoms with E-state index in [4.69, 9.17) is 4.42 Å². The summed E-state index contributed by atoms with van der Waals surface area (Å²) in [5.74, 6) is 0. The number of para-hydroxylation sites is 2. The highest BCUT2D eigenvalue weighted by molar-refractivity contribution is 6.68. The van der Waals surface area contributed by atoms with Gasteiger partial charge in [-0.05, 0) is 33.7 Å². The van der Waals surface area contributed by atoms with Gasteiger partial charge in [0.2, 0.25) is 0 Å². The Kier molecular flexibility index (Phi) is 5.39. The first-order valence-corrected chi connectivity index (χ1v) is 12.2. The molecule has 0 atom stereocenters. The van der Waals surface area contributed by atoms with E-state index in [0.717, 1.165) is 16.7 Å². The quantitative estimate of drug-likeness (QED) is 0.341. The maximum atomic E-state index is 6.45. The second-order valence-electron chi connectivity index (χ2n) is 10.8. The molecule has 0 amide bonds. The van der Waals surface area contributed by atoms with Crippen molar-refractivity contribution in [3.63, 3.8) is 0 Å². The summed E-state index contributed by atoms with van der Waals surface area (Å²) in [6, 6.07) is 21.7. The van der Waals surface area contributed by atoms with Crippen molar-refractivity contribution in [3.05, 3.63) is 66.2 Å². The van der Waals surface area contributed by atoms with Gasteiger partial charge in [-0.2, -0.15) is 0 Å². The molecule has 0 N–H and O–H groups in total. The van der Waals surface area contributed by atoms with Crippen LogP contribution >= 0.6 is 0 Å². The van der Waals surface area contributed by atoms with Crippen molar-refractivity contribution in [2.24, 2.45) is 0 Å². The number of fused-ring (bicyclic) bond motifs is 3. The summed E-state index contributed by atoms with van der Waals surface area (Å²) in [5, 5.41) is 2.34. The minimum absolute atomic E-state index is 0.0499. The lowest BCUT2D eigenvalue weighted by Crippen LogP contribution is -2.55. The van der Waals surface area contributed by atoms with Gasteiger partial charge in [0, 0.05) is 16.3 Å². The molecule has 0 aliphatic carbocycles.